The Morgan fingerprint density at radius 1 is 1.33 bits per heavy atom. The number of hydrogen-bond acceptors (Lipinski definition) is 5. The van der Waals surface area contributed by atoms with Crippen LogP contribution in [0.5, 0.6) is 5.75 Å². The van der Waals surface area contributed by atoms with Crippen LogP contribution < -0.4 is 21.3 Å². The van der Waals surface area contributed by atoms with Gasteiger partial charge in [-0.05, 0) is 31.2 Å². The van der Waals surface area contributed by atoms with Gasteiger partial charge in [0.05, 0.1) is 12.1 Å². The zero-order valence-electron chi connectivity index (χ0n) is 11.6. The van der Waals surface area contributed by atoms with E-state index in [0.29, 0.717) is 33.5 Å². The molecule has 0 aliphatic rings. The van der Waals surface area contributed by atoms with Crippen LogP contribution in [-0.2, 0) is 0 Å². The highest BCUT2D eigenvalue weighted by molar-refractivity contribution is 6.32. The van der Waals surface area contributed by atoms with Crippen molar-refractivity contribution in [2.24, 2.45) is 5.84 Å². The molecule has 0 saturated heterocycles. The largest absolute Gasteiger partial charge is 0.495 e. The van der Waals surface area contributed by atoms with E-state index >= 15 is 0 Å². The maximum atomic E-state index is 12.2. The number of pyridine rings is 1. The number of ether oxygens (including phenoxy) is 1. The van der Waals surface area contributed by atoms with E-state index in [4.69, 9.17) is 22.2 Å². The zero-order valence-corrected chi connectivity index (χ0v) is 12.4. The Hall–Kier alpha value is -2.31. The summed E-state index contributed by atoms with van der Waals surface area (Å²) in [6.07, 6.45) is 0. The molecule has 2 rings (SSSR count). The molecule has 1 aromatic heterocycles. The second-order valence-electron chi connectivity index (χ2n) is 4.33. The molecule has 4 N–H and O–H groups in total. The van der Waals surface area contributed by atoms with Gasteiger partial charge in [-0.15, -0.1) is 0 Å². The number of carbonyl (C=O) groups is 1. The number of methoxy groups -OCH3 is 1. The second-order valence-corrected chi connectivity index (χ2v) is 4.74. The first-order valence-electron chi connectivity index (χ1n) is 6.13. The van der Waals surface area contributed by atoms with Gasteiger partial charge in [0.1, 0.15) is 11.6 Å². The average molecular weight is 307 g/mol. The molecule has 0 fully saturated rings. The van der Waals surface area contributed by atoms with Crippen LogP contribution in [0.1, 0.15) is 16.1 Å². The van der Waals surface area contributed by atoms with Crippen molar-refractivity contribution in [2.45, 2.75) is 6.92 Å². The number of carbonyl (C=O) groups excluding carboxylic acids is 1. The number of halogens is 1. The van der Waals surface area contributed by atoms with Crippen molar-refractivity contribution in [3.05, 3.63) is 46.6 Å². The van der Waals surface area contributed by atoms with Crippen LogP contribution in [0.2, 0.25) is 5.02 Å². The van der Waals surface area contributed by atoms with E-state index in [1.165, 1.54) is 7.11 Å². The molecule has 1 aromatic carbocycles. The summed E-state index contributed by atoms with van der Waals surface area (Å²) in [6, 6.07) is 8.23. The average Bonchev–Trinajstić information content (AvgIpc) is 2.48. The number of nitrogens with zero attached hydrogens (tertiary/aromatic N) is 1. The molecule has 0 saturated carbocycles. The predicted octanol–water partition coefficient (Wildman–Crippen LogP) is 2.59. The normalized spacial score (nSPS) is 10.1. The third kappa shape index (κ3) is 3.62. The molecule has 0 aliphatic heterocycles. The van der Waals surface area contributed by atoms with Gasteiger partial charge in [0.25, 0.3) is 5.91 Å². The molecule has 0 atom stereocenters. The third-order valence-corrected chi connectivity index (χ3v) is 3.08. The van der Waals surface area contributed by atoms with Crippen molar-refractivity contribution < 1.29 is 9.53 Å². The molecule has 1 amide bonds. The van der Waals surface area contributed by atoms with Gasteiger partial charge in [0.2, 0.25) is 0 Å². The molecule has 0 unspecified atom stereocenters. The van der Waals surface area contributed by atoms with Crippen LogP contribution in [0.15, 0.2) is 30.3 Å². The minimum atomic E-state index is -0.277. The van der Waals surface area contributed by atoms with E-state index in [1.807, 2.05) is 0 Å². The number of nitrogens with one attached hydrogen (secondary N) is 2. The maximum absolute atomic E-state index is 12.2. The van der Waals surface area contributed by atoms with Gasteiger partial charge >= 0.3 is 0 Å². The molecule has 110 valence electrons. The van der Waals surface area contributed by atoms with E-state index in [2.05, 4.69) is 15.7 Å². The molecule has 2 aromatic rings. The minimum absolute atomic E-state index is 0.277. The Morgan fingerprint density at radius 3 is 2.76 bits per heavy atom. The van der Waals surface area contributed by atoms with Crippen LogP contribution in [0, 0.1) is 6.92 Å². The van der Waals surface area contributed by atoms with Gasteiger partial charge in [-0.1, -0.05) is 11.6 Å². The highest BCUT2D eigenvalue weighted by Crippen LogP contribution is 2.27. The monoisotopic (exact) mass is 306 g/mol. The fourth-order valence-corrected chi connectivity index (χ4v) is 2.01. The summed E-state index contributed by atoms with van der Waals surface area (Å²) in [5.41, 5.74) is 4.14. The maximum Gasteiger partial charge on any atom is 0.255 e. The summed E-state index contributed by atoms with van der Waals surface area (Å²) in [5, 5.41) is 3.24. The molecule has 6 nitrogen and oxygen atoms in total. The van der Waals surface area contributed by atoms with Crippen molar-refractivity contribution in [1.82, 2.24) is 4.98 Å². The lowest BCUT2D eigenvalue weighted by molar-refractivity contribution is 0.102. The molecule has 7 heteroatoms. The van der Waals surface area contributed by atoms with E-state index in [1.54, 1.807) is 37.3 Å². The van der Waals surface area contributed by atoms with Gasteiger partial charge < -0.3 is 15.5 Å². The predicted molar refractivity (Wildman–Crippen MR) is 82.7 cm³/mol. The summed E-state index contributed by atoms with van der Waals surface area (Å²) in [6.45, 7) is 1.78. The lowest BCUT2D eigenvalue weighted by atomic mass is 10.2. The molecule has 21 heavy (non-hydrogen) atoms. The topological polar surface area (TPSA) is 89.3 Å². The number of hydrazine groups is 1. The van der Waals surface area contributed by atoms with E-state index in [-0.39, 0.29) is 5.91 Å². The Bertz CT molecular complexity index is 676. The van der Waals surface area contributed by atoms with Crippen molar-refractivity contribution in [2.75, 3.05) is 17.9 Å². The molecule has 1 heterocycles. The number of nitrogens with two attached hydrogens (primary N) is 1. The fraction of sp³-hybridized carbons (Fsp3) is 0.143. The molecule has 0 aliphatic carbocycles. The van der Waals surface area contributed by atoms with Crippen LogP contribution in [0.3, 0.4) is 0 Å². The number of rotatable bonds is 4. The molecular weight excluding hydrogens is 292 g/mol. The first-order chi connectivity index (χ1) is 10.0. The van der Waals surface area contributed by atoms with Crippen LogP contribution in [0.4, 0.5) is 11.5 Å². The van der Waals surface area contributed by atoms with E-state index in [0.717, 1.165) is 0 Å². The van der Waals surface area contributed by atoms with E-state index < -0.39 is 0 Å². The summed E-state index contributed by atoms with van der Waals surface area (Å²) >= 11 is 5.94. The zero-order chi connectivity index (χ0) is 15.4. The summed E-state index contributed by atoms with van der Waals surface area (Å²) in [4.78, 5) is 16.4. The number of nitrogen functional groups attached to an aromatic ring is 1. The molecule has 0 radical (unpaired) electrons. The standard InChI is InChI=1S/C14H15ClN4O2/c1-8-5-9(6-13(17-8)19-16)14(20)18-10-3-4-11(15)12(7-10)21-2/h3-7H,16H2,1-2H3,(H,17,19)(H,18,20). The fourth-order valence-electron chi connectivity index (χ4n) is 1.81. The smallest absolute Gasteiger partial charge is 0.255 e. The lowest BCUT2D eigenvalue weighted by Crippen LogP contribution is -2.15. The third-order valence-electron chi connectivity index (χ3n) is 2.77. The Morgan fingerprint density at radius 2 is 2.10 bits per heavy atom. The number of amides is 1. The summed E-state index contributed by atoms with van der Waals surface area (Å²) in [5.74, 6) is 5.96. The SMILES string of the molecule is COc1cc(NC(=O)c2cc(C)nc(NN)c2)ccc1Cl. The Labute approximate surface area is 127 Å². The van der Waals surface area contributed by atoms with Crippen LogP contribution >= 0.6 is 11.6 Å². The molecule has 0 spiro atoms. The lowest BCUT2D eigenvalue weighted by Gasteiger charge is -2.09. The molecule has 0 bridgehead atoms. The van der Waals surface area contributed by atoms with Crippen LogP contribution in [-0.4, -0.2) is 18.0 Å². The number of hydrogen-bond donors (Lipinski definition) is 3. The van der Waals surface area contributed by atoms with Gasteiger partial charge in [0.15, 0.2) is 0 Å². The van der Waals surface area contributed by atoms with Gasteiger partial charge in [-0.3, -0.25) is 4.79 Å². The second kappa shape index (κ2) is 6.43. The number of anilines is 2. The highest BCUT2D eigenvalue weighted by Gasteiger charge is 2.10. The highest BCUT2D eigenvalue weighted by atomic mass is 35.5. The molecular formula is C14H15ClN4O2. The first-order valence-corrected chi connectivity index (χ1v) is 6.51. The summed E-state index contributed by atoms with van der Waals surface area (Å²) in [7, 11) is 1.51. The van der Waals surface area contributed by atoms with Crippen molar-refractivity contribution in [1.29, 1.82) is 0 Å². The van der Waals surface area contributed by atoms with Gasteiger partial charge in [0, 0.05) is 23.0 Å². The Kier molecular flexibility index (Phi) is 4.62. The number of benzene rings is 1. The minimum Gasteiger partial charge on any atom is -0.495 e. The van der Waals surface area contributed by atoms with E-state index in [9.17, 15) is 4.79 Å². The number of aromatic nitrogens is 1. The summed E-state index contributed by atoms with van der Waals surface area (Å²) < 4.78 is 5.11. The number of aryl methyl sites for hydroxylation is 1. The van der Waals surface area contributed by atoms with Crippen molar-refractivity contribution in [3.63, 3.8) is 0 Å². The quantitative estimate of drug-likeness (QED) is 0.597. The van der Waals surface area contributed by atoms with Gasteiger partial charge in [-0.2, -0.15) is 0 Å². The van der Waals surface area contributed by atoms with Crippen molar-refractivity contribution >= 4 is 29.0 Å². The van der Waals surface area contributed by atoms with Gasteiger partial charge in [-0.25, -0.2) is 10.8 Å². The Balaban J connectivity index is 2.23. The van der Waals surface area contributed by atoms with Crippen LogP contribution in [0.25, 0.3) is 0 Å². The van der Waals surface area contributed by atoms with Crippen molar-refractivity contribution in [3.8, 4) is 5.75 Å². The first kappa shape index (κ1) is 15.1.